The van der Waals surface area contributed by atoms with Gasteiger partial charge < -0.3 is 9.47 Å². The summed E-state index contributed by atoms with van der Waals surface area (Å²) in [6.07, 6.45) is 0. The smallest absolute Gasteiger partial charge is 0.216 e. The van der Waals surface area contributed by atoms with Crippen molar-refractivity contribution >= 4 is 0 Å². The van der Waals surface area contributed by atoms with Crippen LogP contribution in [0.1, 0.15) is 13.8 Å². The summed E-state index contributed by atoms with van der Waals surface area (Å²) in [6, 6.07) is 5.48. The van der Waals surface area contributed by atoms with Crippen molar-refractivity contribution < 1.29 is 9.47 Å². The van der Waals surface area contributed by atoms with Gasteiger partial charge in [0.15, 0.2) is 0 Å². The van der Waals surface area contributed by atoms with Crippen LogP contribution in [0.15, 0.2) is 18.2 Å². The van der Waals surface area contributed by atoms with Gasteiger partial charge in [0, 0.05) is 12.1 Å². The first-order chi connectivity index (χ1) is 6.22. The van der Waals surface area contributed by atoms with Crippen LogP contribution in [0.4, 0.5) is 0 Å². The Bertz CT molecular complexity index is 261. The van der Waals surface area contributed by atoms with Gasteiger partial charge in [-0.25, -0.2) is 0 Å². The zero-order chi connectivity index (χ0) is 9.68. The maximum atomic E-state index is 5.42. The second-order valence-electron chi connectivity index (χ2n) is 3.22. The average molecular weight is 181 g/mol. The Morgan fingerprint density at radius 3 is 2.62 bits per heavy atom. The molecule has 0 radical (unpaired) electrons. The van der Waals surface area contributed by atoms with Crippen molar-refractivity contribution in [3.8, 4) is 11.8 Å². The highest BCUT2D eigenvalue weighted by molar-refractivity contribution is 5.19. The molecule has 0 saturated heterocycles. The highest BCUT2D eigenvalue weighted by Gasteiger charge is 1.99. The lowest BCUT2D eigenvalue weighted by molar-refractivity contribution is 0.257. The average Bonchev–Trinajstić information content (AvgIpc) is 2.15. The molecule has 0 aliphatic rings. The normalized spacial score (nSPS) is 10.2. The van der Waals surface area contributed by atoms with Crippen LogP contribution in [-0.2, 0) is 0 Å². The third-order valence-corrected chi connectivity index (χ3v) is 1.47. The SMILES string of the molecule is COc1cccc(OCC(C)C)n1. The van der Waals surface area contributed by atoms with Gasteiger partial charge in [0.25, 0.3) is 0 Å². The largest absolute Gasteiger partial charge is 0.481 e. The van der Waals surface area contributed by atoms with E-state index in [9.17, 15) is 0 Å². The first-order valence-electron chi connectivity index (χ1n) is 4.36. The number of pyridine rings is 1. The lowest BCUT2D eigenvalue weighted by Gasteiger charge is -2.07. The van der Waals surface area contributed by atoms with Crippen LogP contribution in [0.25, 0.3) is 0 Å². The molecule has 3 heteroatoms. The topological polar surface area (TPSA) is 31.4 Å². The molecule has 1 heterocycles. The second-order valence-corrected chi connectivity index (χ2v) is 3.22. The van der Waals surface area contributed by atoms with E-state index >= 15 is 0 Å². The minimum absolute atomic E-state index is 0.507. The van der Waals surface area contributed by atoms with Gasteiger partial charge in [0.1, 0.15) is 0 Å². The number of hydrogen-bond donors (Lipinski definition) is 0. The number of methoxy groups -OCH3 is 1. The first kappa shape index (κ1) is 9.84. The van der Waals surface area contributed by atoms with E-state index in [0.29, 0.717) is 24.3 Å². The predicted molar refractivity (Wildman–Crippen MR) is 51.1 cm³/mol. The van der Waals surface area contributed by atoms with Gasteiger partial charge in [-0.05, 0) is 5.92 Å². The minimum Gasteiger partial charge on any atom is -0.481 e. The minimum atomic E-state index is 0.507. The van der Waals surface area contributed by atoms with E-state index in [2.05, 4.69) is 18.8 Å². The molecule has 0 saturated carbocycles. The number of nitrogens with zero attached hydrogens (tertiary/aromatic N) is 1. The highest BCUT2D eigenvalue weighted by atomic mass is 16.5. The van der Waals surface area contributed by atoms with Crippen molar-refractivity contribution in [2.24, 2.45) is 5.92 Å². The number of rotatable bonds is 4. The lowest BCUT2D eigenvalue weighted by Crippen LogP contribution is -2.05. The number of aromatic nitrogens is 1. The summed E-state index contributed by atoms with van der Waals surface area (Å²) >= 11 is 0. The Morgan fingerprint density at radius 1 is 1.31 bits per heavy atom. The van der Waals surface area contributed by atoms with Crippen LogP contribution in [0.2, 0.25) is 0 Å². The molecule has 72 valence electrons. The fourth-order valence-corrected chi connectivity index (χ4v) is 0.842. The van der Waals surface area contributed by atoms with Crippen LogP contribution < -0.4 is 9.47 Å². The molecule has 0 unspecified atom stereocenters. The molecule has 1 aromatic heterocycles. The zero-order valence-electron chi connectivity index (χ0n) is 8.28. The number of ether oxygens (including phenoxy) is 2. The van der Waals surface area contributed by atoms with Crippen molar-refractivity contribution in [1.82, 2.24) is 4.98 Å². The van der Waals surface area contributed by atoms with E-state index in [1.807, 2.05) is 12.1 Å². The molecule has 1 rings (SSSR count). The van der Waals surface area contributed by atoms with Gasteiger partial charge in [0.2, 0.25) is 11.8 Å². The summed E-state index contributed by atoms with van der Waals surface area (Å²) < 4.78 is 10.4. The molecule has 13 heavy (non-hydrogen) atoms. The summed E-state index contributed by atoms with van der Waals surface area (Å²) in [5.74, 6) is 1.71. The predicted octanol–water partition coefficient (Wildman–Crippen LogP) is 2.12. The van der Waals surface area contributed by atoms with Gasteiger partial charge in [-0.15, -0.1) is 0 Å². The highest BCUT2D eigenvalue weighted by Crippen LogP contribution is 2.13. The van der Waals surface area contributed by atoms with E-state index in [-0.39, 0.29) is 0 Å². The molecule has 1 aromatic rings. The van der Waals surface area contributed by atoms with E-state index in [0.717, 1.165) is 0 Å². The van der Waals surface area contributed by atoms with Crippen molar-refractivity contribution in [1.29, 1.82) is 0 Å². The Morgan fingerprint density at radius 2 is 2.00 bits per heavy atom. The van der Waals surface area contributed by atoms with Crippen LogP contribution in [-0.4, -0.2) is 18.7 Å². The zero-order valence-corrected chi connectivity index (χ0v) is 8.28. The lowest BCUT2D eigenvalue weighted by atomic mass is 10.2. The third kappa shape index (κ3) is 3.32. The Kier molecular flexibility index (Phi) is 3.55. The Balaban J connectivity index is 2.56. The summed E-state index contributed by atoms with van der Waals surface area (Å²) in [7, 11) is 1.59. The molecule has 0 bridgehead atoms. The van der Waals surface area contributed by atoms with E-state index in [1.54, 1.807) is 13.2 Å². The van der Waals surface area contributed by atoms with E-state index in [1.165, 1.54) is 0 Å². The Labute approximate surface area is 78.7 Å². The maximum Gasteiger partial charge on any atom is 0.216 e. The molecular formula is C10H15NO2. The van der Waals surface area contributed by atoms with Crippen molar-refractivity contribution in [3.63, 3.8) is 0 Å². The van der Waals surface area contributed by atoms with Gasteiger partial charge in [-0.2, -0.15) is 4.98 Å². The Hall–Kier alpha value is -1.25. The number of hydrogen-bond acceptors (Lipinski definition) is 3. The fraction of sp³-hybridized carbons (Fsp3) is 0.500. The monoisotopic (exact) mass is 181 g/mol. The van der Waals surface area contributed by atoms with Crippen molar-refractivity contribution in [3.05, 3.63) is 18.2 Å². The molecule has 0 amide bonds. The van der Waals surface area contributed by atoms with Crippen LogP contribution >= 0.6 is 0 Å². The van der Waals surface area contributed by atoms with E-state index < -0.39 is 0 Å². The van der Waals surface area contributed by atoms with Crippen LogP contribution in [0.3, 0.4) is 0 Å². The molecular weight excluding hydrogens is 166 g/mol. The van der Waals surface area contributed by atoms with Gasteiger partial charge in [0.05, 0.1) is 13.7 Å². The quantitative estimate of drug-likeness (QED) is 0.713. The molecule has 0 aromatic carbocycles. The molecule has 0 aliphatic carbocycles. The molecule has 0 fully saturated rings. The molecule has 0 N–H and O–H groups in total. The molecule has 3 nitrogen and oxygen atoms in total. The molecule has 0 aliphatic heterocycles. The van der Waals surface area contributed by atoms with Gasteiger partial charge >= 0.3 is 0 Å². The first-order valence-corrected chi connectivity index (χ1v) is 4.36. The summed E-state index contributed by atoms with van der Waals surface area (Å²) in [5.41, 5.74) is 0. The standard InChI is InChI=1S/C10H15NO2/c1-8(2)7-13-10-6-4-5-9(11-10)12-3/h4-6,8H,7H2,1-3H3. The molecule has 0 spiro atoms. The van der Waals surface area contributed by atoms with Crippen molar-refractivity contribution in [2.45, 2.75) is 13.8 Å². The fourth-order valence-electron chi connectivity index (χ4n) is 0.842. The summed E-state index contributed by atoms with van der Waals surface area (Å²) in [4.78, 5) is 4.12. The second kappa shape index (κ2) is 4.70. The maximum absolute atomic E-state index is 5.42. The van der Waals surface area contributed by atoms with Crippen molar-refractivity contribution in [2.75, 3.05) is 13.7 Å². The van der Waals surface area contributed by atoms with Crippen LogP contribution in [0, 0.1) is 5.92 Å². The van der Waals surface area contributed by atoms with Gasteiger partial charge in [-0.3, -0.25) is 0 Å². The van der Waals surface area contributed by atoms with E-state index in [4.69, 9.17) is 9.47 Å². The van der Waals surface area contributed by atoms with Crippen LogP contribution in [0.5, 0.6) is 11.8 Å². The summed E-state index contributed by atoms with van der Waals surface area (Å²) in [5, 5.41) is 0. The molecule has 0 atom stereocenters. The third-order valence-electron chi connectivity index (χ3n) is 1.47. The van der Waals surface area contributed by atoms with Gasteiger partial charge in [-0.1, -0.05) is 19.9 Å². The summed E-state index contributed by atoms with van der Waals surface area (Å²) in [6.45, 7) is 4.88.